The molecular weight excluding hydrogens is 292 g/mol. The SMILES string of the molecule is Cc1cccc(C#N)c1Oc1c(N)cccc1Br. The Hall–Kier alpha value is -1.99. The molecule has 2 aromatic carbocycles. The van der Waals surface area contributed by atoms with Crippen molar-refractivity contribution in [1.82, 2.24) is 0 Å². The van der Waals surface area contributed by atoms with Crippen LogP contribution in [0.5, 0.6) is 11.5 Å². The summed E-state index contributed by atoms with van der Waals surface area (Å²) in [6, 6.07) is 13.0. The zero-order chi connectivity index (χ0) is 13.1. The molecular formula is C14H11BrN2O. The van der Waals surface area contributed by atoms with Gasteiger partial charge in [-0.15, -0.1) is 0 Å². The van der Waals surface area contributed by atoms with Crippen molar-refractivity contribution in [2.45, 2.75) is 6.92 Å². The number of aryl methyl sites for hydroxylation is 1. The summed E-state index contributed by atoms with van der Waals surface area (Å²) in [5.41, 5.74) is 7.78. The monoisotopic (exact) mass is 302 g/mol. The van der Waals surface area contributed by atoms with Crippen LogP contribution in [0.15, 0.2) is 40.9 Å². The number of hydrogen-bond donors (Lipinski definition) is 1. The van der Waals surface area contributed by atoms with Gasteiger partial charge in [-0.1, -0.05) is 18.2 Å². The average Bonchev–Trinajstić information content (AvgIpc) is 2.35. The minimum absolute atomic E-state index is 0.491. The normalized spacial score (nSPS) is 9.83. The molecule has 2 aromatic rings. The van der Waals surface area contributed by atoms with E-state index in [2.05, 4.69) is 22.0 Å². The Balaban J connectivity index is 2.50. The Morgan fingerprint density at radius 3 is 2.56 bits per heavy atom. The van der Waals surface area contributed by atoms with Gasteiger partial charge in [0.2, 0.25) is 0 Å². The van der Waals surface area contributed by atoms with Gasteiger partial charge < -0.3 is 10.5 Å². The van der Waals surface area contributed by atoms with E-state index >= 15 is 0 Å². The molecule has 0 radical (unpaired) electrons. The second-order valence-electron chi connectivity index (χ2n) is 3.82. The number of hydrogen-bond acceptors (Lipinski definition) is 3. The summed E-state index contributed by atoms with van der Waals surface area (Å²) in [6.45, 7) is 1.89. The molecule has 0 saturated carbocycles. The van der Waals surface area contributed by atoms with Gasteiger partial charge in [0, 0.05) is 0 Å². The number of benzene rings is 2. The summed E-state index contributed by atoms with van der Waals surface area (Å²) >= 11 is 3.39. The van der Waals surface area contributed by atoms with Gasteiger partial charge in [0.1, 0.15) is 11.8 Å². The molecule has 0 fully saturated rings. The summed E-state index contributed by atoms with van der Waals surface area (Å²) in [6.07, 6.45) is 0. The first kappa shape index (κ1) is 12.5. The van der Waals surface area contributed by atoms with Gasteiger partial charge in [0.25, 0.3) is 0 Å². The Labute approximate surface area is 114 Å². The van der Waals surface area contributed by atoms with E-state index in [1.165, 1.54) is 0 Å². The topological polar surface area (TPSA) is 59.0 Å². The third kappa shape index (κ3) is 2.31. The minimum atomic E-state index is 0.491. The fourth-order valence-electron chi connectivity index (χ4n) is 1.61. The lowest BCUT2D eigenvalue weighted by atomic mass is 10.1. The van der Waals surface area contributed by atoms with Crippen LogP contribution in [-0.4, -0.2) is 0 Å². The number of nitrogens with zero attached hydrogens (tertiary/aromatic N) is 1. The van der Waals surface area contributed by atoms with Gasteiger partial charge >= 0.3 is 0 Å². The maximum absolute atomic E-state index is 9.09. The smallest absolute Gasteiger partial charge is 0.164 e. The highest BCUT2D eigenvalue weighted by molar-refractivity contribution is 9.10. The Morgan fingerprint density at radius 1 is 1.17 bits per heavy atom. The van der Waals surface area contributed by atoms with E-state index in [0.29, 0.717) is 22.7 Å². The van der Waals surface area contributed by atoms with Gasteiger partial charge in [-0.25, -0.2) is 0 Å². The fraction of sp³-hybridized carbons (Fsp3) is 0.0714. The lowest BCUT2D eigenvalue weighted by Gasteiger charge is -2.13. The predicted octanol–water partition coefficient (Wildman–Crippen LogP) is 4.00. The van der Waals surface area contributed by atoms with E-state index in [4.69, 9.17) is 15.7 Å². The Bertz CT molecular complexity index is 612. The third-order valence-corrected chi connectivity index (χ3v) is 3.16. The Kier molecular flexibility index (Phi) is 3.54. The van der Waals surface area contributed by atoms with Crippen molar-refractivity contribution in [3.63, 3.8) is 0 Å². The molecule has 0 saturated heterocycles. The molecule has 0 spiro atoms. The maximum atomic E-state index is 9.09. The van der Waals surface area contributed by atoms with Crippen molar-refractivity contribution in [2.24, 2.45) is 0 Å². The van der Waals surface area contributed by atoms with E-state index in [1.807, 2.05) is 31.2 Å². The molecule has 0 heterocycles. The minimum Gasteiger partial charge on any atom is -0.452 e. The van der Waals surface area contributed by atoms with Gasteiger partial charge in [0.15, 0.2) is 5.75 Å². The van der Waals surface area contributed by atoms with Crippen LogP contribution >= 0.6 is 15.9 Å². The standard InChI is InChI=1S/C14H11BrN2O/c1-9-4-2-5-10(8-16)13(9)18-14-11(15)6-3-7-12(14)17/h2-7H,17H2,1H3. The summed E-state index contributed by atoms with van der Waals surface area (Å²) in [4.78, 5) is 0. The lowest BCUT2D eigenvalue weighted by molar-refractivity contribution is 0.477. The first-order valence-corrected chi connectivity index (χ1v) is 6.14. The van der Waals surface area contributed by atoms with Crippen LogP contribution in [0.1, 0.15) is 11.1 Å². The molecule has 90 valence electrons. The van der Waals surface area contributed by atoms with E-state index in [0.717, 1.165) is 10.0 Å². The zero-order valence-corrected chi connectivity index (χ0v) is 11.4. The number of nitrogen functional groups attached to an aromatic ring is 1. The number of nitrogens with two attached hydrogens (primary N) is 1. The van der Waals surface area contributed by atoms with Gasteiger partial charge in [-0.05, 0) is 46.6 Å². The first-order chi connectivity index (χ1) is 8.63. The van der Waals surface area contributed by atoms with E-state index in [-0.39, 0.29) is 0 Å². The maximum Gasteiger partial charge on any atom is 0.164 e. The quantitative estimate of drug-likeness (QED) is 0.853. The summed E-state index contributed by atoms with van der Waals surface area (Å²) in [5.74, 6) is 1.07. The molecule has 3 nitrogen and oxygen atoms in total. The second kappa shape index (κ2) is 5.11. The van der Waals surface area contributed by atoms with Crippen LogP contribution in [0.2, 0.25) is 0 Å². The highest BCUT2D eigenvalue weighted by Crippen LogP contribution is 2.37. The molecule has 0 aliphatic rings. The molecule has 4 heteroatoms. The van der Waals surface area contributed by atoms with Crippen LogP contribution in [0, 0.1) is 18.3 Å². The van der Waals surface area contributed by atoms with Crippen LogP contribution in [0.25, 0.3) is 0 Å². The largest absolute Gasteiger partial charge is 0.452 e. The van der Waals surface area contributed by atoms with Crippen molar-refractivity contribution < 1.29 is 4.74 Å². The van der Waals surface area contributed by atoms with Crippen molar-refractivity contribution >= 4 is 21.6 Å². The van der Waals surface area contributed by atoms with Crippen molar-refractivity contribution in [3.05, 3.63) is 52.0 Å². The molecule has 2 N–H and O–H groups in total. The van der Waals surface area contributed by atoms with Crippen LogP contribution in [-0.2, 0) is 0 Å². The van der Waals surface area contributed by atoms with Crippen molar-refractivity contribution in [1.29, 1.82) is 5.26 Å². The van der Waals surface area contributed by atoms with Crippen molar-refractivity contribution in [3.8, 4) is 17.6 Å². The number of anilines is 1. The van der Waals surface area contributed by atoms with Gasteiger partial charge in [0.05, 0.1) is 15.7 Å². The number of halogens is 1. The molecule has 0 aliphatic carbocycles. The Morgan fingerprint density at radius 2 is 1.89 bits per heavy atom. The van der Waals surface area contributed by atoms with Gasteiger partial charge in [-0.2, -0.15) is 5.26 Å². The highest BCUT2D eigenvalue weighted by atomic mass is 79.9. The lowest BCUT2D eigenvalue weighted by Crippen LogP contribution is -1.96. The number of rotatable bonds is 2. The molecule has 0 aromatic heterocycles. The summed E-state index contributed by atoms with van der Waals surface area (Å²) in [7, 11) is 0. The molecule has 0 amide bonds. The molecule has 0 bridgehead atoms. The summed E-state index contributed by atoms with van der Waals surface area (Å²) < 4.78 is 6.56. The van der Waals surface area contributed by atoms with Crippen LogP contribution < -0.4 is 10.5 Å². The summed E-state index contributed by atoms with van der Waals surface area (Å²) in [5, 5.41) is 9.09. The average molecular weight is 303 g/mol. The molecule has 0 atom stereocenters. The predicted molar refractivity (Wildman–Crippen MR) is 74.5 cm³/mol. The number of ether oxygens (including phenoxy) is 1. The van der Waals surface area contributed by atoms with E-state index < -0.39 is 0 Å². The van der Waals surface area contributed by atoms with Crippen molar-refractivity contribution in [2.75, 3.05) is 5.73 Å². The molecule has 18 heavy (non-hydrogen) atoms. The van der Waals surface area contributed by atoms with E-state index in [1.54, 1.807) is 12.1 Å². The first-order valence-electron chi connectivity index (χ1n) is 5.35. The number of nitriles is 1. The zero-order valence-electron chi connectivity index (χ0n) is 9.77. The second-order valence-corrected chi connectivity index (χ2v) is 4.68. The number of para-hydroxylation sites is 2. The molecule has 0 unspecified atom stereocenters. The van der Waals surface area contributed by atoms with E-state index in [9.17, 15) is 0 Å². The van der Waals surface area contributed by atoms with Crippen LogP contribution in [0.3, 0.4) is 0 Å². The molecule has 0 aliphatic heterocycles. The third-order valence-electron chi connectivity index (χ3n) is 2.53. The molecule has 2 rings (SSSR count). The van der Waals surface area contributed by atoms with Crippen LogP contribution in [0.4, 0.5) is 5.69 Å². The highest BCUT2D eigenvalue weighted by Gasteiger charge is 2.12. The van der Waals surface area contributed by atoms with Gasteiger partial charge in [-0.3, -0.25) is 0 Å². The fourth-order valence-corrected chi connectivity index (χ4v) is 2.07.